The number of hydrogen-bond donors (Lipinski definition) is 1. The Morgan fingerprint density at radius 3 is 2.11 bits per heavy atom. The summed E-state index contributed by atoms with van der Waals surface area (Å²) in [4.78, 5) is 0. The highest BCUT2D eigenvalue weighted by Crippen LogP contribution is 2.23. The Kier molecular flexibility index (Phi) is 4.27. The van der Waals surface area contributed by atoms with Crippen molar-refractivity contribution in [2.24, 2.45) is 5.41 Å². The quantitative estimate of drug-likeness (QED) is 0.855. The average Bonchev–Trinajstić information content (AvgIpc) is 2.26. The molecule has 0 fully saturated rings. The van der Waals surface area contributed by atoms with Crippen molar-refractivity contribution in [3.63, 3.8) is 0 Å². The molecule has 4 nitrogen and oxygen atoms in total. The van der Waals surface area contributed by atoms with Gasteiger partial charge in [-0.25, -0.2) is 8.42 Å². The van der Waals surface area contributed by atoms with E-state index in [1.807, 2.05) is 20.8 Å². The van der Waals surface area contributed by atoms with Crippen LogP contribution < -0.4 is 10.0 Å². The molecule has 0 bridgehead atoms. The Hall–Kier alpha value is -1.23. The van der Waals surface area contributed by atoms with E-state index < -0.39 is 10.0 Å². The van der Waals surface area contributed by atoms with Crippen LogP contribution >= 0.6 is 0 Å². The van der Waals surface area contributed by atoms with E-state index >= 15 is 0 Å². The number of sulfonamides is 1. The average molecular weight is 270 g/mol. The lowest BCUT2D eigenvalue weighted by Gasteiger charge is -2.23. The molecule has 0 atom stereocenters. The van der Waals surface area contributed by atoms with Crippen LogP contribution in [0, 0.1) is 5.41 Å². The lowest BCUT2D eigenvalue weighted by atomic mass is 9.94. The standard InChI is InChI=1S/C13H22N2O2S/c1-13(2,3)9-10-18(16,17)15(4)12-7-5-11(14)6-8-12/h5-8H,9-10,14H2,1-4H3. The lowest BCUT2D eigenvalue weighted by Crippen LogP contribution is -2.30. The second kappa shape index (κ2) is 5.18. The largest absolute Gasteiger partial charge is 0.399 e. The highest BCUT2D eigenvalue weighted by molar-refractivity contribution is 7.92. The normalized spacial score (nSPS) is 12.4. The molecule has 1 rings (SSSR count). The topological polar surface area (TPSA) is 63.4 Å². The minimum Gasteiger partial charge on any atom is -0.399 e. The van der Waals surface area contributed by atoms with Crippen LogP contribution in [0.5, 0.6) is 0 Å². The molecule has 1 aromatic rings. The molecule has 0 saturated carbocycles. The Morgan fingerprint density at radius 1 is 1.17 bits per heavy atom. The summed E-state index contributed by atoms with van der Waals surface area (Å²) < 4.78 is 25.6. The van der Waals surface area contributed by atoms with Gasteiger partial charge in [0.1, 0.15) is 0 Å². The van der Waals surface area contributed by atoms with E-state index in [0.29, 0.717) is 17.8 Å². The van der Waals surface area contributed by atoms with Crippen molar-refractivity contribution in [2.75, 3.05) is 22.8 Å². The van der Waals surface area contributed by atoms with E-state index in [4.69, 9.17) is 5.73 Å². The highest BCUT2D eigenvalue weighted by Gasteiger charge is 2.21. The van der Waals surface area contributed by atoms with Crippen LogP contribution in [0.15, 0.2) is 24.3 Å². The highest BCUT2D eigenvalue weighted by atomic mass is 32.2. The van der Waals surface area contributed by atoms with E-state index in [0.717, 1.165) is 0 Å². The van der Waals surface area contributed by atoms with Crippen molar-refractivity contribution in [1.82, 2.24) is 0 Å². The summed E-state index contributed by atoms with van der Waals surface area (Å²) in [6, 6.07) is 6.82. The van der Waals surface area contributed by atoms with Crippen molar-refractivity contribution in [3.05, 3.63) is 24.3 Å². The van der Waals surface area contributed by atoms with Crippen LogP contribution in [-0.4, -0.2) is 21.2 Å². The summed E-state index contributed by atoms with van der Waals surface area (Å²) >= 11 is 0. The number of nitrogens with zero attached hydrogens (tertiary/aromatic N) is 1. The molecular weight excluding hydrogens is 248 g/mol. The van der Waals surface area contributed by atoms with Gasteiger partial charge in [-0.2, -0.15) is 0 Å². The molecule has 0 heterocycles. The third kappa shape index (κ3) is 4.22. The fourth-order valence-electron chi connectivity index (χ4n) is 1.42. The van der Waals surface area contributed by atoms with Crippen molar-refractivity contribution in [2.45, 2.75) is 27.2 Å². The Bertz CT molecular complexity index is 487. The monoisotopic (exact) mass is 270 g/mol. The van der Waals surface area contributed by atoms with Gasteiger partial charge >= 0.3 is 0 Å². The van der Waals surface area contributed by atoms with Gasteiger partial charge in [-0.1, -0.05) is 20.8 Å². The fraction of sp³-hybridized carbons (Fsp3) is 0.538. The summed E-state index contributed by atoms with van der Waals surface area (Å²) in [5.74, 6) is 0.150. The predicted molar refractivity (Wildman–Crippen MR) is 77.1 cm³/mol. The molecule has 0 unspecified atom stereocenters. The van der Waals surface area contributed by atoms with Crippen LogP contribution in [0.4, 0.5) is 11.4 Å². The van der Waals surface area contributed by atoms with Gasteiger partial charge < -0.3 is 5.73 Å². The molecule has 2 N–H and O–H groups in total. The van der Waals surface area contributed by atoms with Gasteiger partial charge in [0.2, 0.25) is 10.0 Å². The summed E-state index contributed by atoms with van der Waals surface area (Å²) in [7, 11) is -1.69. The Morgan fingerprint density at radius 2 is 1.67 bits per heavy atom. The second-order valence-corrected chi connectivity index (χ2v) is 7.81. The zero-order valence-corrected chi connectivity index (χ0v) is 12.3. The molecule has 0 aliphatic carbocycles. The zero-order valence-electron chi connectivity index (χ0n) is 11.5. The molecule has 5 heteroatoms. The van der Waals surface area contributed by atoms with Crippen molar-refractivity contribution >= 4 is 21.4 Å². The third-order valence-electron chi connectivity index (χ3n) is 2.78. The molecule has 0 aliphatic rings. The van der Waals surface area contributed by atoms with Crippen LogP contribution in [0.2, 0.25) is 0 Å². The van der Waals surface area contributed by atoms with Gasteiger partial charge in [-0.3, -0.25) is 4.31 Å². The van der Waals surface area contributed by atoms with E-state index in [2.05, 4.69) is 0 Å². The summed E-state index contributed by atoms with van der Waals surface area (Å²) in [6.45, 7) is 6.10. The Balaban J connectivity index is 2.82. The fourth-order valence-corrected chi connectivity index (χ4v) is 3.00. The SMILES string of the molecule is CN(c1ccc(N)cc1)S(=O)(=O)CCC(C)(C)C. The van der Waals surface area contributed by atoms with Crippen molar-refractivity contribution in [1.29, 1.82) is 0 Å². The first-order valence-electron chi connectivity index (χ1n) is 5.94. The molecule has 102 valence electrons. The smallest absolute Gasteiger partial charge is 0.234 e. The summed E-state index contributed by atoms with van der Waals surface area (Å²) in [5, 5.41) is 0. The maximum Gasteiger partial charge on any atom is 0.234 e. The molecule has 0 saturated heterocycles. The predicted octanol–water partition coefficient (Wildman–Crippen LogP) is 2.47. The minimum atomic E-state index is -3.27. The van der Waals surface area contributed by atoms with Gasteiger partial charge in [-0.15, -0.1) is 0 Å². The molecule has 0 amide bonds. The molecule has 0 radical (unpaired) electrons. The zero-order chi connectivity index (χ0) is 14.0. The van der Waals surface area contributed by atoms with E-state index in [1.54, 1.807) is 31.3 Å². The van der Waals surface area contributed by atoms with Crippen LogP contribution in [-0.2, 0) is 10.0 Å². The number of nitrogens with two attached hydrogens (primary N) is 1. The molecule has 0 aromatic heterocycles. The van der Waals surface area contributed by atoms with E-state index in [-0.39, 0.29) is 11.2 Å². The molecule has 0 spiro atoms. The summed E-state index contributed by atoms with van der Waals surface area (Å²) in [6.07, 6.45) is 0.634. The number of nitrogen functional groups attached to an aromatic ring is 1. The molecule has 0 aliphatic heterocycles. The molecule has 1 aromatic carbocycles. The number of benzene rings is 1. The van der Waals surface area contributed by atoms with Gasteiger partial charge in [0, 0.05) is 12.7 Å². The minimum absolute atomic E-state index is 0.00895. The van der Waals surface area contributed by atoms with Gasteiger partial charge in [0.15, 0.2) is 0 Å². The number of rotatable bonds is 4. The van der Waals surface area contributed by atoms with Gasteiger partial charge in [0.05, 0.1) is 11.4 Å². The summed E-state index contributed by atoms with van der Waals surface area (Å²) in [5.41, 5.74) is 6.85. The van der Waals surface area contributed by atoms with Crippen LogP contribution in [0.3, 0.4) is 0 Å². The van der Waals surface area contributed by atoms with E-state index in [1.165, 1.54) is 4.31 Å². The Labute approximate surface area is 110 Å². The maximum absolute atomic E-state index is 12.2. The van der Waals surface area contributed by atoms with Gasteiger partial charge in [-0.05, 0) is 36.1 Å². The second-order valence-electron chi connectivity index (χ2n) is 5.69. The maximum atomic E-state index is 12.2. The van der Waals surface area contributed by atoms with Crippen molar-refractivity contribution < 1.29 is 8.42 Å². The number of anilines is 2. The first-order valence-corrected chi connectivity index (χ1v) is 7.55. The lowest BCUT2D eigenvalue weighted by molar-refractivity contribution is 0.397. The molecule has 18 heavy (non-hydrogen) atoms. The number of hydrogen-bond acceptors (Lipinski definition) is 3. The third-order valence-corrected chi connectivity index (χ3v) is 4.55. The van der Waals surface area contributed by atoms with Crippen molar-refractivity contribution in [3.8, 4) is 0 Å². The van der Waals surface area contributed by atoms with Crippen LogP contribution in [0.1, 0.15) is 27.2 Å². The van der Waals surface area contributed by atoms with E-state index in [9.17, 15) is 8.42 Å². The first kappa shape index (κ1) is 14.8. The van der Waals surface area contributed by atoms with Crippen LogP contribution in [0.25, 0.3) is 0 Å². The van der Waals surface area contributed by atoms with Gasteiger partial charge in [0.25, 0.3) is 0 Å². The first-order chi connectivity index (χ1) is 8.12. The molecular formula is C13H22N2O2S.